The van der Waals surface area contributed by atoms with Gasteiger partial charge in [-0.2, -0.15) is 0 Å². The number of hydrogen-bond acceptors (Lipinski definition) is 5. The van der Waals surface area contributed by atoms with Gasteiger partial charge in [0, 0.05) is 16.6 Å². The highest BCUT2D eigenvalue weighted by Crippen LogP contribution is 2.49. The van der Waals surface area contributed by atoms with E-state index < -0.39 is 0 Å². The highest BCUT2D eigenvalue weighted by atomic mass is 32.2. The van der Waals surface area contributed by atoms with Crippen molar-refractivity contribution in [3.63, 3.8) is 0 Å². The van der Waals surface area contributed by atoms with Crippen LogP contribution < -0.4 is 19.1 Å². The van der Waals surface area contributed by atoms with Crippen molar-refractivity contribution in [2.45, 2.75) is 23.1 Å². The maximum absolute atomic E-state index is 13.4. The molecular formula is C25H24FNO4S. The van der Waals surface area contributed by atoms with Crippen LogP contribution in [0.1, 0.15) is 22.8 Å². The van der Waals surface area contributed by atoms with Gasteiger partial charge in [0.05, 0.1) is 33.6 Å². The van der Waals surface area contributed by atoms with Crippen LogP contribution in [0.5, 0.6) is 17.2 Å². The summed E-state index contributed by atoms with van der Waals surface area (Å²) < 4.78 is 29.8. The Morgan fingerprint density at radius 1 is 0.969 bits per heavy atom. The van der Waals surface area contributed by atoms with E-state index in [9.17, 15) is 9.18 Å². The van der Waals surface area contributed by atoms with Crippen LogP contribution in [0.3, 0.4) is 0 Å². The maximum atomic E-state index is 13.4. The van der Waals surface area contributed by atoms with Crippen molar-refractivity contribution in [1.29, 1.82) is 0 Å². The number of fused-ring (bicyclic) bond motifs is 1. The average molecular weight is 454 g/mol. The van der Waals surface area contributed by atoms with Gasteiger partial charge in [-0.3, -0.25) is 4.79 Å². The van der Waals surface area contributed by atoms with E-state index in [2.05, 4.69) is 0 Å². The van der Waals surface area contributed by atoms with Gasteiger partial charge in [0.2, 0.25) is 11.7 Å². The summed E-state index contributed by atoms with van der Waals surface area (Å²) in [4.78, 5) is 16.2. The lowest BCUT2D eigenvalue weighted by molar-refractivity contribution is -0.118. The number of methoxy groups -OCH3 is 3. The summed E-state index contributed by atoms with van der Waals surface area (Å²) in [5.74, 6) is 1.31. The SMILES string of the molecule is COc1cc([C@@H]2CC(=O)N(Cc3ccc(F)cc3)c3ccccc3S2)cc(OC)c1OC. The topological polar surface area (TPSA) is 48.0 Å². The van der Waals surface area contributed by atoms with Crippen molar-refractivity contribution in [2.75, 3.05) is 26.2 Å². The minimum Gasteiger partial charge on any atom is -0.493 e. The number of rotatable bonds is 6. The molecule has 0 aliphatic carbocycles. The smallest absolute Gasteiger partial charge is 0.228 e. The maximum Gasteiger partial charge on any atom is 0.228 e. The number of ether oxygens (including phenoxy) is 3. The largest absolute Gasteiger partial charge is 0.493 e. The molecule has 0 spiro atoms. The number of hydrogen-bond donors (Lipinski definition) is 0. The van der Waals surface area contributed by atoms with Gasteiger partial charge in [-0.05, 0) is 47.5 Å². The Hall–Kier alpha value is -3.19. The second-order valence-electron chi connectivity index (χ2n) is 7.34. The van der Waals surface area contributed by atoms with Crippen LogP contribution in [0.25, 0.3) is 0 Å². The minimum atomic E-state index is -0.297. The second-order valence-corrected chi connectivity index (χ2v) is 8.59. The predicted octanol–water partition coefficient (Wildman–Crippen LogP) is 5.62. The number of carbonyl (C=O) groups is 1. The quantitative estimate of drug-likeness (QED) is 0.485. The fraction of sp³-hybridized carbons (Fsp3) is 0.240. The van der Waals surface area contributed by atoms with Crippen LogP contribution in [0.4, 0.5) is 10.1 Å². The van der Waals surface area contributed by atoms with Crippen molar-refractivity contribution >= 4 is 23.4 Å². The van der Waals surface area contributed by atoms with Gasteiger partial charge < -0.3 is 19.1 Å². The molecule has 166 valence electrons. The van der Waals surface area contributed by atoms with E-state index >= 15 is 0 Å². The van der Waals surface area contributed by atoms with E-state index in [1.807, 2.05) is 36.4 Å². The summed E-state index contributed by atoms with van der Waals surface area (Å²) in [5.41, 5.74) is 2.63. The van der Waals surface area contributed by atoms with E-state index in [0.29, 0.717) is 30.2 Å². The molecule has 0 fully saturated rings. The normalized spacial score (nSPS) is 15.7. The highest BCUT2D eigenvalue weighted by Gasteiger charge is 2.30. The summed E-state index contributed by atoms with van der Waals surface area (Å²) in [6.07, 6.45) is 0.291. The number of anilines is 1. The highest BCUT2D eigenvalue weighted by molar-refractivity contribution is 7.99. The predicted molar refractivity (Wildman–Crippen MR) is 123 cm³/mol. The Bertz CT molecular complexity index is 1090. The van der Waals surface area contributed by atoms with Gasteiger partial charge in [-0.1, -0.05) is 24.3 Å². The molecule has 1 aliphatic heterocycles. The first-order chi connectivity index (χ1) is 15.5. The number of carbonyl (C=O) groups excluding carboxylic acids is 1. The molecular weight excluding hydrogens is 429 g/mol. The van der Waals surface area contributed by atoms with Crippen molar-refractivity contribution in [3.05, 3.63) is 77.6 Å². The Labute approximate surface area is 191 Å². The monoisotopic (exact) mass is 453 g/mol. The summed E-state index contributed by atoms with van der Waals surface area (Å²) in [7, 11) is 4.71. The fourth-order valence-corrected chi connectivity index (χ4v) is 5.06. The van der Waals surface area contributed by atoms with E-state index in [1.54, 1.807) is 50.1 Å². The van der Waals surface area contributed by atoms with Gasteiger partial charge >= 0.3 is 0 Å². The molecule has 0 saturated carbocycles. The van der Waals surface area contributed by atoms with Gasteiger partial charge in [0.15, 0.2) is 11.5 Å². The van der Waals surface area contributed by atoms with E-state index in [0.717, 1.165) is 21.7 Å². The van der Waals surface area contributed by atoms with Crippen molar-refractivity contribution in [2.24, 2.45) is 0 Å². The molecule has 1 atom stereocenters. The molecule has 1 amide bonds. The van der Waals surface area contributed by atoms with Crippen molar-refractivity contribution < 1.29 is 23.4 Å². The van der Waals surface area contributed by atoms with Crippen LogP contribution in [-0.4, -0.2) is 27.2 Å². The molecule has 3 aromatic carbocycles. The summed E-state index contributed by atoms with van der Waals surface area (Å²) in [6.45, 7) is 0.374. The third-order valence-corrected chi connectivity index (χ3v) is 6.72. The molecule has 7 heteroatoms. The van der Waals surface area contributed by atoms with Crippen LogP contribution in [0, 0.1) is 5.82 Å². The first-order valence-electron chi connectivity index (χ1n) is 10.1. The lowest BCUT2D eigenvalue weighted by Crippen LogP contribution is -2.30. The molecule has 1 aliphatic rings. The molecule has 0 N–H and O–H groups in total. The Morgan fingerprint density at radius 3 is 2.25 bits per heavy atom. The minimum absolute atomic E-state index is 0.00877. The molecule has 3 aromatic rings. The summed E-state index contributed by atoms with van der Waals surface area (Å²) >= 11 is 1.63. The van der Waals surface area contributed by atoms with E-state index in [4.69, 9.17) is 14.2 Å². The third kappa shape index (κ3) is 4.39. The zero-order chi connectivity index (χ0) is 22.7. The number of nitrogens with zero attached hydrogens (tertiary/aromatic N) is 1. The zero-order valence-corrected chi connectivity index (χ0v) is 18.9. The molecule has 1 heterocycles. The van der Waals surface area contributed by atoms with Gasteiger partial charge in [-0.15, -0.1) is 11.8 Å². The molecule has 32 heavy (non-hydrogen) atoms. The van der Waals surface area contributed by atoms with Gasteiger partial charge in [-0.25, -0.2) is 4.39 Å². The fourth-order valence-electron chi connectivity index (χ4n) is 3.80. The standard InChI is InChI=1S/C25H24FNO4S/c1-29-20-12-17(13-21(30-2)25(20)31-3)23-14-24(28)27(15-16-8-10-18(26)11-9-16)19-6-4-5-7-22(19)32-23/h4-13,23H,14-15H2,1-3H3/t23-/m0/s1. The molecule has 4 rings (SSSR count). The average Bonchev–Trinajstić information content (AvgIpc) is 2.95. The Morgan fingerprint density at radius 2 is 1.62 bits per heavy atom. The Kier molecular flexibility index (Phi) is 6.55. The van der Waals surface area contributed by atoms with E-state index in [1.165, 1.54) is 12.1 Å². The molecule has 0 bridgehead atoms. The number of amides is 1. The lowest BCUT2D eigenvalue weighted by atomic mass is 10.1. The first kappa shape index (κ1) is 22.0. The number of benzene rings is 3. The van der Waals surface area contributed by atoms with Crippen LogP contribution in [0.15, 0.2) is 65.6 Å². The van der Waals surface area contributed by atoms with Crippen molar-refractivity contribution in [1.82, 2.24) is 0 Å². The summed E-state index contributed by atoms with van der Waals surface area (Å²) in [5, 5.41) is -0.143. The first-order valence-corrected chi connectivity index (χ1v) is 11.0. The molecule has 0 saturated heterocycles. The molecule has 0 radical (unpaired) electrons. The number of halogens is 1. The zero-order valence-electron chi connectivity index (χ0n) is 18.1. The van der Waals surface area contributed by atoms with Crippen molar-refractivity contribution in [3.8, 4) is 17.2 Å². The van der Waals surface area contributed by atoms with E-state index in [-0.39, 0.29) is 17.0 Å². The third-order valence-electron chi connectivity index (χ3n) is 5.40. The lowest BCUT2D eigenvalue weighted by Gasteiger charge is -2.23. The molecule has 0 aromatic heterocycles. The molecule has 5 nitrogen and oxygen atoms in total. The van der Waals surface area contributed by atoms with Crippen LogP contribution >= 0.6 is 11.8 Å². The number of thioether (sulfide) groups is 1. The number of para-hydroxylation sites is 1. The summed E-state index contributed by atoms with van der Waals surface area (Å²) in [6, 6.07) is 17.9. The van der Waals surface area contributed by atoms with Gasteiger partial charge in [0.25, 0.3) is 0 Å². The van der Waals surface area contributed by atoms with Crippen LogP contribution in [-0.2, 0) is 11.3 Å². The molecule has 0 unspecified atom stereocenters. The second kappa shape index (κ2) is 9.53. The van der Waals surface area contributed by atoms with Crippen LogP contribution in [0.2, 0.25) is 0 Å². The Balaban J connectivity index is 1.72. The van der Waals surface area contributed by atoms with Gasteiger partial charge in [0.1, 0.15) is 5.82 Å².